The summed E-state index contributed by atoms with van der Waals surface area (Å²) in [5.74, 6) is -0.429. The molecule has 1 aliphatic rings. The van der Waals surface area contributed by atoms with Gasteiger partial charge in [0.1, 0.15) is 5.54 Å². The van der Waals surface area contributed by atoms with Gasteiger partial charge in [0, 0.05) is 18.1 Å². The zero-order chi connectivity index (χ0) is 10.9. The van der Waals surface area contributed by atoms with Gasteiger partial charge in [-0.1, -0.05) is 11.8 Å². The van der Waals surface area contributed by atoms with Crippen LogP contribution in [0.15, 0.2) is 17.6 Å². The first-order valence-corrected chi connectivity index (χ1v) is 5.76. The lowest BCUT2D eigenvalue weighted by Crippen LogP contribution is -2.52. The van der Waals surface area contributed by atoms with Crippen LogP contribution in [0.25, 0.3) is 0 Å². The van der Waals surface area contributed by atoms with Crippen LogP contribution in [0.3, 0.4) is 0 Å². The Labute approximate surface area is 91.5 Å². The maximum atomic E-state index is 11.1. The van der Waals surface area contributed by atoms with E-state index < -0.39 is 11.5 Å². The molecule has 1 aliphatic carbocycles. The number of aromatic amines is 1. The van der Waals surface area contributed by atoms with Crippen LogP contribution in [-0.4, -0.2) is 32.3 Å². The fourth-order valence-corrected chi connectivity index (χ4v) is 2.49. The van der Waals surface area contributed by atoms with Gasteiger partial charge in [-0.05, 0) is 18.8 Å². The molecular weight excluding hydrogens is 214 g/mol. The van der Waals surface area contributed by atoms with Crippen LogP contribution in [0, 0.1) is 5.92 Å². The Balaban J connectivity index is 1.98. The molecule has 82 valence electrons. The van der Waals surface area contributed by atoms with Crippen LogP contribution < -0.4 is 5.73 Å². The van der Waals surface area contributed by atoms with E-state index in [4.69, 9.17) is 10.8 Å². The molecule has 0 radical (unpaired) electrons. The molecule has 0 amide bonds. The molecule has 6 heteroatoms. The van der Waals surface area contributed by atoms with Crippen molar-refractivity contribution in [3.8, 4) is 0 Å². The van der Waals surface area contributed by atoms with Gasteiger partial charge in [-0.15, -0.1) is 0 Å². The molecule has 1 unspecified atom stereocenters. The van der Waals surface area contributed by atoms with Crippen molar-refractivity contribution in [1.29, 1.82) is 0 Å². The Kier molecular flexibility index (Phi) is 2.70. The molecule has 0 spiro atoms. The van der Waals surface area contributed by atoms with Crippen molar-refractivity contribution in [2.24, 2.45) is 11.7 Å². The molecule has 1 heterocycles. The first kappa shape index (κ1) is 10.5. The van der Waals surface area contributed by atoms with E-state index in [0.29, 0.717) is 10.9 Å². The molecule has 1 saturated carbocycles. The fourth-order valence-electron chi connectivity index (χ4n) is 1.47. The van der Waals surface area contributed by atoms with E-state index in [2.05, 4.69) is 9.97 Å². The third-order valence-corrected chi connectivity index (χ3v) is 3.74. The SMILES string of the molecule is NC(CSc1ncc[nH]1)(C(=O)O)C1CC1. The number of thioether (sulfide) groups is 1. The average molecular weight is 227 g/mol. The molecule has 15 heavy (non-hydrogen) atoms. The number of nitrogens with two attached hydrogens (primary N) is 1. The van der Waals surface area contributed by atoms with Crippen molar-refractivity contribution in [2.45, 2.75) is 23.5 Å². The van der Waals surface area contributed by atoms with Gasteiger partial charge in [-0.2, -0.15) is 0 Å². The number of carboxylic acid groups (broad SMARTS) is 1. The molecule has 0 bridgehead atoms. The second kappa shape index (κ2) is 3.86. The molecule has 0 saturated heterocycles. The van der Waals surface area contributed by atoms with Crippen LogP contribution in [0.2, 0.25) is 0 Å². The topological polar surface area (TPSA) is 92.0 Å². The van der Waals surface area contributed by atoms with Crippen LogP contribution in [0.1, 0.15) is 12.8 Å². The summed E-state index contributed by atoms with van der Waals surface area (Å²) in [5, 5.41) is 9.82. The minimum absolute atomic E-state index is 0.123. The number of hydrogen-bond acceptors (Lipinski definition) is 4. The van der Waals surface area contributed by atoms with Gasteiger partial charge >= 0.3 is 5.97 Å². The highest BCUT2D eigenvalue weighted by Crippen LogP contribution is 2.40. The Bertz CT molecular complexity index is 350. The van der Waals surface area contributed by atoms with E-state index in [9.17, 15) is 4.79 Å². The summed E-state index contributed by atoms with van der Waals surface area (Å²) in [6.45, 7) is 0. The standard InChI is InChI=1S/C9H13N3O2S/c10-9(7(13)14,6-1-2-6)5-15-8-11-3-4-12-8/h3-4,6H,1-2,5,10H2,(H,11,12)(H,13,14). The molecule has 5 nitrogen and oxygen atoms in total. The third-order valence-electron chi connectivity index (χ3n) is 2.62. The Morgan fingerprint density at radius 3 is 3.00 bits per heavy atom. The highest BCUT2D eigenvalue weighted by atomic mass is 32.2. The predicted molar refractivity (Wildman–Crippen MR) is 56.6 cm³/mol. The minimum atomic E-state index is -1.10. The van der Waals surface area contributed by atoms with Crippen LogP contribution >= 0.6 is 11.8 Å². The number of hydrogen-bond donors (Lipinski definition) is 3. The minimum Gasteiger partial charge on any atom is -0.480 e. The molecule has 0 aromatic carbocycles. The number of carboxylic acids is 1. The van der Waals surface area contributed by atoms with Gasteiger partial charge in [0.15, 0.2) is 5.16 Å². The summed E-state index contributed by atoms with van der Waals surface area (Å²) in [4.78, 5) is 18.0. The quantitative estimate of drug-likeness (QED) is 0.644. The van der Waals surface area contributed by atoms with Gasteiger partial charge in [0.05, 0.1) is 0 Å². The smallest absolute Gasteiger partial charge is 0.324 e. The maximum absolute atomic E-state index is 11.1. The number of rotatable bonds is 5. The van der Waals surface area contributed by atoms with E-state index in [1.807, 2.05) is 0 Å². The second-order valence-corrected chi connectivity index (χ2v) is 4.77. The second-order valence-electron chi connectivity index (χ2n) is 3.80. The van der Waals surface area contributed by atoms with Crippen molar-refractivity contribution in [3.63, 3.8) is 0 Å². The third kappa shape index (κ3) is 2.15. The van der Waals surface area contributed by atoms with E-state index in [0.717, 1.165) is 12.8 Å². The Morgan fingerprint density at radius 1 is 1.80 bits per heavy atom. The molecule has 1 fully saturated rings. The van der Waals surface area contributed by atoms with Crippen LogP contribution in [-0.2, 0) is 4.79 Å². The summed E-state index contributed by atoms with van der Waals surface area (Å²) in [6.07, 6.45) is 5.18. The molecule has 1 atom stereocenters. The van der Waals surface area contributed by atoms with Crippen molar-refractivity contribution in [3.05, 3.63) is 12.4 Å². The van der Waals surface area contributed by atoms with Crippen molar-refractivity contribution in [2.75, 3.05) is 5.75 Å². The lowest BCUT2D eigenvalue weighted by atomic mass is 9.98. The number of nitrogens with zero attached hydrogens (tertiary/aromatic N) is 1. The first-order chi connectivity index (χ1) is 7.13. The van der Waals surface area contributed by atoms with E-state index >= 15 is 0 Å². The largest absolute Gasteiger partial charge is 0.480 e. The molecule has 2 rings (SSSR count). The average Bonchev–Trinajstić information content (AvgIpc) is 2.93. The Hall–Kier alpha value is -1.01. The zero-order valence-electron chi connectivity index (χ0n) is 8.14. The van der Waals surface area contributed by atoms with E-state index in [-0.39, 0.29) is 5.92 Å². The van der Waals surface area contributed by atoms with Crippen LogP contribution in [0.4, 0.5) is 0 Å². The number of nitrogens with one attached hydrogen (secondary N) is 1. The zero-order valence-corrected chi connectivity index (χ0v) is 8.96. The summed E-state index contributed by atoms with van der Waals surface area (Å²) in [7, 11) is 0. The highest BCUT2D eigenvalue weighted by molar-refractivity contribution is 7.99. The Morgan fingerprint density at radius 2 is 2.53 bits per heavy atom. The lowest BCUT2D eigenvalue weighted by molar-refractivity contribution is -0.143. The van der Waals surface area contributed by atoms with Gasteiger partial charge < -0.3 is 15.8 Å². The summed E-state index contributed by atoms with van der Waals surface area (Å²) >= 11 is 1.36. The molecule has 4 N–H and O–H groups in total. The summed E-state index contributed by atoms with van der Waals surface area (Å²) in [5.41, 5.74) is 4.80. The van der Waals surface area contributed by atoms with E-state index in [1.54, 1.807) is 12.4 Å². The maximum Gasteiger partial charge on any atom is 0.324 e. The van der Waals surface area contributed by atoms with Gasteiger partial charge in [0.25, 0.3) is 0 Å². The van der Waals surface area contributed by atoms with Gasteiger partial charge in [-0.3, -0.25) is 4.79 Å². The number of imidazole rings is 1. The summed E-state index contributed by atoms with van der Waals surface area (Å²) < 4.78 is 0. The lowest BCUT2D eigenvalue weighted by Gasteiger charge is -2.23. The van der Waals surface area contributed by atoms with Crippen molar-refractivity contribution in [1.82, 2.24) is 9.97 Å². The van der Waals surface area contributed by atoms with Crippen molar-refractivity contribution >= 4 is 17.7 Å². The first-order valence-electron chi connectivity index (χ1n) is 4.77. The molecule has 0 aliphatic heterocycles. The number of H-pyrrole nitrogens is 1. The predicted octanol–water partition coefficient (Wildman–Crippen LogP) is 0.694. The molecule has 1 aromatic rings. The van der Waals surface area contributed by atoms with E-state index in [1.165, 1.54) is 11.8 Å². The van der Waals surface area contributed by atoms with Crippen LogP contribution in [0.5, 0.6) is 0 Å². The number of aromatic nitrogens is 2. The van der Waals surface area contributed by atoms with Gasteiger partial charge in [0.2, 0.25) is 0 Å². The molecule has 1 aromatic heterocycles. The fraction of sp³-hybridized carbons (Fsp3) is 0.556. The monoisotopic (exact) mass is 227 g/mol. The normalized spacial score (nSPS) is 19.8. The highest BCUT2D eigenvalue weighted by Gasteiger charge is 2.48. The number of carbonyl (C=O) groups is 1. The van der Waals surface area contributed by atoms with Crippen molar-refractivity contribution < 1.29 is 9.90 Å². The summed E-state index contributed by atoms with van der Waals surface area (Å²) in [6, 6.07) is 0. The van der Waals surface area contributed by atoms with Gasteiger partial charge in [-0.25, -0.2) is 4.98 Å². The molecular formula is C9H13N3O2S. The number of aliphatic carboxylic acids is 1.